The molecule has 1 N–H and O–H groups in total. The van der Waals surface area contributed by atoms with Crippen molar-refractivity contribution in [3.05, 3.63) is 59.7 Å². The second kappa shape index (κ2) is 8.73. The van der Waals surface area contributed by atoms with Crippen molar-refractivity contribution in [3.8, 4) is 0 Å². The highest BCUT2D eigenvalue weighted by Gasteiger charge is 2.26. The lowest BCUT2D eigenvalue weighted by molar-refractivity contribution is 0.0730. The average Bonchev–Trinajstić information content (AvgIpc) is 2.74. The van der Waals surface area contributed by atoms with E-state index < -0.39 is 15.9 Å². The van der Waals surface area contributed by atoms with Crippen LogP contribution in [0.5, 0.6) is 0 Å². The summed E-state index contributed by atoms with van der Waals surface area (Å²) >= 11 is 0. The number of amides is 2. The third-order valence-electron chi connectivity index (χ3n) is 4.48. The molecule has 2 aromatic rings. The van der Waals surface area contributed by atoms with E-state index in [0.29, 0.717) is 24.5 Å². The predicted octanol–water partition coefficient (Wildman–Crippen LogP) is 1.66. The lowest BCUT2D eigenvalue weighted by Crippen LogP contribution is -2.40. The van der Waals surface area contributed by atoms with E-state index in [1.54, 1.807) is 44.4 Å². The predicted molar refractivity (Wildman–Crippen MR) is 108 cm³/mol. The van der Waals surface area contributed by atoms with E-state index in [4.69, 9.17) is 4.74 Å². The van der Waals surface area contributed by atoms with Gasteiger partial charge in [-0.25, -0.2) is 8.42 Å². The first-order valence-corrected chi connectivity index (χ1v) is 10.5. The van der Waals surface area contributed by atoms with Gasteiger partial charge in [-0.3, -0.25) is 9.59 Å². The Hall–Kier alpha value is -2.75. The van der Waals surface area contributed by atoms with Gasteiger partial charge in [0.2, 0.25) is 10.0 Å². The first-order chi connectivity index (χ1) is 13.8. The van der Waals surface area contributed by atoms with Gasteiger partial charge in [0.1, 0.15) is 0 Å². The van der Waals surface area contributed by atoms with Crippen molar-refractivity contribution >= 4 is 27.5 Å². The molecule has 0 bridgehead atoms. The highest BCUT2D eigenvalue weighted by Crippen LogP contribution is 2.19. The van der Waals surface area contributed by atoms with E-state index in [1.165, 1.54) is 27.4 Å². The third kappa shape index (κ3) is 4.81. The molecule has 29 heavy (non-hydrogen) atoms. The van der Waals surface area contributed by atoms with Gasteiger partial charge < -0.3 is 15.0 Å². The lowest BCUT2D eigenvalue weighted by Gasteiger charge is -2.26. The van der Waals surface area contributed by atoms with Crippen LogP contribution in [0.2, 0.25) is 0 Å². The highest BCUT2D eigenvalue weighted by molar-refractivity contribution is 7.89. The van der Waals surface area contributed by atoms with E-state index in [2.05, 4.69) is 5.32 Å². The number of carbonyl (C=O) groups is 2. The van der Waals surface area contributed by atoms with Crippen molar-refractivity contribution < 1.29 is 22.7 Å². The Morgan fingerprint density at radius 3 is 2.34 bits per heavy atom. The van der Waals surface area contributed by atoms with E-state index >= 15 is 0 Å². The highest BCUT2D eigenvalue weighted by atomic mass is 32.2. The zero-order valence-electron chi connectivity index (χ0n) is 16.3. The number of carbonyl (C=O) groups excluding carboxylic acids is 2. The van der Waals surface area contributed by atoms with Gasteiger partial charge in [0.05, 0.1) is 18.1 Å². The van der Waals surface area contributed by atoms with E-state index in [-0.39, 0.29) is 29.5 Å². The van der Waals surface area contributed by atoms with Crippen LogP contribution in [0.3, 0.4) is 0 Å². The van der Waals surface area contributed by atoms with Crippen LogP contribution in [0.4, 0.5) is 5.69 Å². The number of sulfonamides is 1. The van der Waals surface area contributed by atoms with Gasteiger partial charge in [-0.1, -0.05) is 12.1 Å². The van der Waals surface area contributed by atoms with Gasteiger partial charge >= 0.3 is 0 Å². The molecule has 1 aliphatic rings. The molecule has 9 heteroatoms. The summed E-state index contributed by atoms with van der Waals surface area (Å²) in [5, 5.41) is 2.71. The summed E-state index contributed by atoms with van der Waals surface area (Å²) in [6.07, 6.45) is 0. The van der Waals surface area contributed by atoms with Crippen LogP contribution in [-0.2, 0) is 14.8 Å². The molecule has 0 aliphatic carbocycles. The first-order valence-electron chi connectivity index (χ1n) is 9.10. The number of ether oxygens (including phenoxy) is 1. The number of nitrogens with one attached hydrogen (secondary N) is 1. The molecule has 154 valence electrons. The molecule has 1 fully saturated rings. The van der Waals surface area contributed by atoms with Crippen molar-refractivity contribution in [3.63, 3.8) is 0 Å². The fraction of sp³-hybridized carbons (Fsp3) is 0.300. The summed E-state index contributed by atoms with van der Waals surface area (Å²) in [6, 6.07) is 12.5. The van der Waals surface area contributed by atoms with Crippen LogP contribution in [0.15, 0.2) is 53.4 Å². The Labute approximate surface area is 170 Å². The number of nitrogens with zero attached hydrogens (tertiary/aromatic N) is 2. The SMILES string of the molecule is CN(C)C(=O)c1cccc(NC(=O)c2cccc(S(=O)(=O)N3CCOCC3)c2)c1. The molecule has 1 aliphatic heterocycles. The molecule has 8 nitrogen and oxygen atoms in total. The van der Waals surface area contributed by atoms with E-state index in [1.807, 2.05) is 0 Å². The molecule has 0 unspecified atom stereocenters. The molecule has 1 saturated heterocycles. The van der Waals surface area contributed by atoms with Crippen LogP contribution >= 0.6 is 0 Å². The summed E-state index contributed by atoms with van der Waals surface area (Å²) in [4.78, 5) is 26.2. The minimum atomic E-state index is -3.70. The fourth-order valence-electron chi connectivity index (χ4n) is 2.93. The summed E-state index contributed by atoms with van der Waals surface area (Å²) in [6.45, 7) is 1.26. The second-order valence-corrected chi connectivity index (χ2v) is 8.72. The van der Waals surface area contributed by atoms with Gasteiger partial charge in [-0.15, -0.1) is 0 Å². The van der Waals surface area contributed by atoms with Crippen molar-refractivity contribution in [2.75, 3.05) is 45.7 Å². The van der Waals surface area contributed by atoms with Gasteiger partial charge in [-0.2, -0.15) is 4.31 Å². The number of morpholine rings is 1. The Kier molecular flexibility index (Phi) is 6.31. The standard InChI is InChI=1S/C20H23N3O5S/c1-22(2)20(25)16-6-3-7-17(13-16)21-19(24)15-5-4-8-18(14-15)29(26,27)23-9-11-28-12-10-23/h3-8,13-14H,9-12H2,1-2H3,(H,21,24). The minimum Gasteiger partial charge on any atom is -0.379 e. The monoisotopic (exact) mass is 417 g/mol. The molecular weight excluding hydrogens is 394 g/mol. The van der Waals surface area contributed by atoms with Crippen LogP contribution in [0, 0.1) is 0 Å². The molecule has 2 aromatic carbocycles. The van der Waals surface area contributed by atoms with Crippen LogP contribution in [0.1, 0.15) is 20.7 Å². The van der Waals surface area contributed by atoms with E-state index in [9.17, 15) is 18.0 Å². The number of rotatable bonds is 5. The molecule has 2 amide bonds. The minimum absolute atomic E-state index is 0.0589. The molecule has 0 atom stereocenters. The van der Waals surface area contributed by atoms with Crippen LogP contribution in [0.25, 0.3) is 0 Å². The summed E-state index contributed by atoms with van der Waals surface area (Å²) in [7, 11) is -0.402. The van der Waals surface area contributed by atoms with Crippen LogP contribution in [-0.4, -0.2) is 69.8 Å². The Balaban J connectivity index is 1.80. The summed E-state index contributed by atoms with van der Waals surface area (Å²) < 4.78 is 32.2. The lowest BCUT2D eigenvalue weighted by atomic mass is 10.1. The topological polar surface area (TPSA) is 96.0 Å². The number of anilines is 1. The van der Waals surface area contributed by atoms with Gasteiger partial charge in [0, 0.05) is 44.0 Å². The Bertz CT molecular complexity index is 1010. The van der Waals surface area contributed by atoms with Gasteiger partial charge in [0.15, 0.2) is 0 Å². The Morgan fingerprint density at radius 2 is 1.66 bits per heavy atom. The first kappa shape index (κ1) is 21.0. The number of hydrogen-bond donors (Lipinski definition) is 1. The van der Waals surface area contributed by atoms with Gasteiger partial charge in [0.25, 0.3) is 11.8 Å². The number of hydrogen-bond acceptors (Lipinski definition) is 5. The maximum Gasteiger partial charge on any atom is 0.255 e. The van der Waals surface area contributed by atoms with Gasteiger partial charge in [-0.05, 0) is 36.4 Å². The maximum atomic E-state index is 12.8. The molecule has 0 saturated carbocycles. The molecule has 0 spiro atoms. The Morgan fingerprint density at radius 1 is 1.00 bits per heavy atom. The maximum absolute atomic E-state index is 12.8. The molecular formula is C20H23N3O5S. The fourth-order valence-corrected chi connectivity index (χ4v) is 4.38. The van der Waals surface area contributed by atoms with Crippen LogP contribution < -0.4 is 5.32 Å². The normalized spacial score (nSPS) is 15.0. The summed E-state index contributed by atoms with van der Waals surface area (Å²) in [5.41, 5.74) is 1.10. The largest absolute Gasteiger partial charge is 0.379 e. The smallest absolute Gasteiger partial charge is 0.255 e. The quantitative estimate of drug-likeness (QED) is 0.798. The summed E-state index contributed by atoms with van der Waals surface area (Å²) in [5.74, 6) is -0.641. The third-order valence-corrected chi connectivity index (χ3v) is 6.37. The number of benzene rings is 2. The molecule has 0 radical (unpaired) electrons. The zero-order valence-corrected chi connectivity index (χ0v) is 17.1. The molecule has 0 aromatic heterocycles. The zero-order chi connectivity index (χ0) is 21.0. The molecule has 3 rings (SSSR count). The van der Waals surface area contributed by atoms with Crippen molar-refractivity contribution in [2.24, 2.45) is 0 Å². The van der Waals surface area contributed by atoms with E-state index in [0.717, 1.165) is 0 Å². The van der Waals surface area contributed by atoms with Crippen molar-refractivity contribution in [2.45, 2.75) is 4.90 Å². The second-order valence-electron chi connectivity index (χ2n) is 6.78. The van der Waals surface area contributed by atoms with Crippen molar-refractivity contribution in [1.82, 2.24) is 9.21 Å². The van der Waals surface area contributed by atoms with Crippen molar-refractivity contribution in [1.29, 1.82) is 0 Å². The molecule has 1 heterocycles. The average molecular weight is 417 g/mol.